The number of aliphatic hydroxyl groups excluding tert-OH is 8. The molecule has 4 atom stereocenters. The van der Waals surface area contributed by atoms with Crippen molar-refractivity contribution in [1.82, 2.24) is 0 Å². The number of hydrogen-bond donors (Lipinski definition) is 8. The van der Waals surface area contributed by atoms with E-state index in [0.29, 0.717) is 0 Å². The SMILES string of the molecule is O=C1OC(C(O)CO)C(O)=C1O.O=C1OC(C(O)CO)C(O)=C1O.[Fe]. The molecule has 4 unspecified atom stereocenters. The van der Waals surface area contributed by atoms with Crippen LogP contribution in [0.1, 0.15) is 0 Å². The van der Waals surface area contributed by atoms with Gasteiger partial charge in [0.2, 0.25) is 11.5 Å². The maximum Gasteiger partial charge on any atom is 0.377 e. The van der Waals surface area contributed by atoms with Crippen LogP contribution in [0.2, 0.25) is 0 Å². The van der Waals surface area contributed by atoms with Crippen LogP contribution in [-0.2, 0) is 36.1 Å². The Bertz CT molecular complexity index is 520. The molecule has 8 N–H and O–H groups in total. The number of hydrogen-bond acceptors (Lipinski definition) is 12. The van der Waals surface area contributed by atoms with Crippen molar-refractivity contribution in [2.24, 2.45) is 0 Å². The van der Waals surface area contributed by atoms with E-state index >= 15 is 0 Å². The van der Waals surface area contributed by atoms with Crippen molar-refractivity contribution in [2.75, 3.05) is 13.2 Å². The van der Waals surface area contributed by atoms with Crippen molar-refractivity contribution in [3.63, 3.8) is 0 Å². The zero-order chi connectivity index (χ0) is 18.6. The van der Waals surface area contributed by atoms with E-state index in [-0.39, 0.29) is 17.1 Å². The molecule has 0 spiro atoms. The molecule has 2 aliphatic heterocycles. The molecule has 2 heterocycles. The minimum atomic E-state index is -1.42. The molecular weight excluding hydrogens is 392 g/mol. The predicted molar refractivity (Wildman–Crippen MR) is 70.5 cm³/mol. The normalized spacial score (nSPS) is 24.8. The molecule has 0 aliphatic carbocycles. The maximum absolute atomic E-state index is 10.5. The molecule has 0 saturated heterocycles. The van der Waals surface area contributed by atoms with Gasteiger partial charge >= 0.3 is 11.9 Å². The van der Waals surface area contributed by atoms with E-state index in [0.717, 1.165) is 0 Å². The molecule has 13 heteroatoms. The first kappa shape index (κ1) is 23.0. The van der Waals surface area contributed by atoms with Crippen molar-refractivity contribution >= 4 is 11.9 Å². The Balaban J connectivity index is 0.000000443. The van der Waals surface area contributed by atoms with Gasteiger partial charge in [-0.05, 0) is 0 Å². The largest absolute Gasteiger partial charge is 0.505 e. The Hall–Kier alpha value is -2.02. The van der Waals surface area contributed by atoms with Crippen molar-refractivity contribution in [1.29, 1.82) is 0 Å². The third kappa shape index (κ3) is 4.98. The molecule has 0 amide bonds. The number of cyclic esters (lactones) is 2. The fourth-order valence-corrected chi connectivity index (χ4v) is 1.65. The summed E-state index contributed by atoms with van der Waals surface area (Å²) in [6.45, 7) is -1.34. The maximum atomic E-state index is 10.5. The van der Waals surface area contributed by atoms with Gasteiger partial charge in [0.15, 0.2) is 23.7 Å². The van der Waals surface area contributed by atoms with Gasteiger partial charge in [0.25, 0.3) is 0 Å². The summed E-state index contributed by atoms with van der Waals surface area (Å²) in [6.07, 6.45) is -5.55. The molecule has 144 valence electrons. The number of carbonyl (C=O) groups excluding carboxylic acids is 2. The molecule has 0 fully saturated rings. The van der Waals surface area contributed by atoms with Gasteiger partial charge in [-0.1, -0.05) is 0 Å². The Morgan fingerprint density at radius 2 is 1.04 bits per heavy atom. The van der Waals surface area contributed by atoms with E-state index in [1.54, 1.807) is 0 Å². The smallest absolute Gasteiger partial charge is 0.377 e. The molecule has 0 saturated carbocycles. The van der Waals surface area contributed by atoms with Crippen LogP contribution in [0.15, 0.2) is 23.0 Å². The number of ether oxygens (including phenoxy) is 2. The summed E-state index contributed by atoms with van der Waals surface area (Å²) in [5, 5.41) is 70.1. The number of carbonyl (C=O) groups is 2. The fourth-order valence-electron chi connectivity index (χ4n) is 1.65. The number of aliphatic hydroxyl groups is 8. The van der Waals surface area contributed by atoms with E-state index in [1.807, 2.05) is 0 Å². The quantitative estimate of drug-likeness (QED) is 0.175. The van der Waals surface area contributed by atoms with Gasteiger partial charge in [0.05, 0.1) is 13.2 Å². The van der Waals surface area contributed by atoms with E-state index < -0.39 is 72.6 Å². The monoisotopic (exact) mass is 408 g/mol. The molecule has 0 radical (unpaired) electrons. The van der Waals surface area contributed by atoms with Gasteiger partial charge in [0.1, 0.15) is 12.2 Å². The van der Waals surface area contributed by atoms with E-state index in [4.69, 9.17) is 40.9 Å². The molecule has 0 aromatic rings. The molecule has 0 aromatic carbocycles. The average Bonchev–Trinajstić information content (AvgIpc) is 2.98. The summed E-state index contributed by atoms with van der Waals surface area (Å²) in [6, 6.07) is 0. The summed E-state index contributed by atoms with van der Waals surface area (Å²) >= 11 is 0. The zero-order valence-corrected chi connectivity index (χ0v) is 13.4. The van der Waals surface area contributed by atoms with Gasteiger partial charge in [-0.15, -0.1) is 0 Å². The van der Waals surface area contributed by atoms with Gasteiger partial charge in [-0.25, -0.2) is 9.59 Å². The van der Waals surface area contributed by atoms with Gasteiger partial charge < -0.3 is 50.3 Å². The third-order valence-electron chi connectivity index (χ3n) is 2.95. The topological polar surface area (TPSA) is 214 Å². The second-order valence-corrected chi connectivity index (χ2v) is 4.62. The zero-order valence-electron chi connectivity index (χ0n) is 12.3. The standard InChI is InChI=1S/2C6H8O6.Fe/c2*7-1-2(8)5-3(9)4(10)6(11)12-5;/h2*2,5,7-10H,1H2;. The van der Waals surface area contributed by atoms with Crippen molar-refractivity contribution in [3.8, 4) is 0 Å². The van der Waals surface area contributed by atoms with Crippen LogP contribution >= 0.6 is 0 Å². The Kier molecular flexibility index (Phi) is 8.69. The van der Waals surface area contributed by atoms with Crippen LogP contribution in [-0.4, -0.2) is 90.4 Å². The second-order valence-electron chi connectivity index (χ2n) is 4.62. The van der Waals surface area contributed by atoms with Crippen LogP contribution in [0.3, 0.4) is 0 Å². The Morgan fingerprint density at radius 1 is 0.760 bits per heavy atom. The summed E-state index contributed by atoms with van der Waals surface area (Å²) in [5.74, 6) is -5.56. The fraction of sp³-hybridized carbons (Fsp3) is 0.500. The first-order valence-electron chi connectivity index (χ1n) is 6.39. The molecule has 12 nitrogen and oxygen atoms in total. The van der Waals surface area contributed by atoms with Crippen LogP contribution in [0.4, 0.5) is 0 Å². The predicted octanol–water partition coefficient (Wildman–Crippen LogP) is -2.82. The molecule has 2 aliphatic rings. The molecule has 0 aromatic heterocycles. The Morgan fingerprint density at radius 3 is 1.20 bits per heavy atom. The summed E-state index contributed by atoms with van der Waals surface area (Å²) in [5.41, 5.74) is 0. The molecule has 2 rings (SSSR count). The van der Waals surface area contributed by atoms with Gasteiger partial charge in [0, 0.05) is 17.1 Å². The van der Waals surface area contributed by atoms with E-state index in [1.165, 1.54) is 0 Å². The summed E-state index contributed by atoms with van der Waals surface area (Å²) in [4.78, 5) is 21.1. The Labute approximate surface area is 150 Å². The second kappa shape index (κ2) is 9.46. The average molecular weight is 408 g/mol. The summed E-state index contributed by atoms with van der Waals surface area (Å²) < 4.78 is 8.63. The molecular formula is C12H16FeO12. The third-order valence-corrected chi connectivity index (χ3v) is 2.95. The first-order chi connectivity index (χ1) is 11.1. The van der Waals surface area contributed by atoms with Crippen LogP contribution < -0.4 is 0 Å². The van der Waals surface area contributed by atoms with Crippen LogP contribution in [0.25, 0.3) is 0 Å². The molecule has 0 bridgehead atoms. The van der Waals surface area contributed by atoms with Crippen molar-refractivity contribution in [2.45, 2.75) is 24.4 Å². The van der Waals surface area contributed by atoms with Crippen LogP contribution in [0.5, 0.6) is 0 Å². The van der Waals surface area contributed by atoms with E-state index in [9.17, 15) is 9.59 Å². The van der Waals surface area contributed by atoms with E-state index in [2.05, 4.69) is 9.47 Å². The molecule has 25 heavy (non-hydrogen) atoms. The van der Waals surface area contributed by atoms with Gasteiger partial charge in [-0.3, -0.25) is 0 Å². The van der Waals surface area contributed by atoms with Gasteiger partial charge in [-0.2, -0.15) is 0 Å². The van der Waals surface area contributed by atoms with Crippen molar-refractivity contribution < 1.29 is 77.0 Å². The minimum Gasteiger partial charge on any atom is -0.505 e. The summed E-state index contributed by atoms with van der Waals surface area (Å²) in [7, 11) is 0. The van der Waals surface area contributed by atoms with Crippen LogP contribution in [0, 0.1) is 0 Å². The first-order valence-corrected chi connectivity index (χ1v) is 6.39. The number of esters is 2. The number of rotatable bonds is 4. The minimum absolute atomic E-state index is 0. The van der Waals surface area contributed by atoms with Crippen molar-refractivity contribution in [3.05, 3.63) is 23.0 Å².